The number of fused-ring (bicyclic) bond motifs is 4. The summed E-state index contributed by atoms with van der Waals surface area (Å²) in [5, 5.41) is 5.11. The van der Waals surface area contributed by atoms with Gasteiger partial charge in [0.25, 0.3) is 0 Å². The van der Waals surface area contributed by atoms with E-state index in [1.54, 1.807) is 0 Å². The number of hydrogen-bond donors (Lipinski definition) is 0. The Morgan fingerprint density at radius 1 is 0.283 bits per heavy atom. The Hall–Kier alpha value is -7.52. The van der Waals surface area contributed by atoms with Crippen LogP contribution in [0.3, 0.4) is 0 Å². The molecule has 1 aromatic heterocycles. The lowest BCUT2D eigenvalue weighted by atomic mass is 9.91. The average molecular weight is 782 g/mol. The quantitative estimate of drug-likeness (QED) is 0.148. The first-order chi connectivity index (χ1) is 29.7. The summed E-state index contributed by atoms with van der Waals surface area (Å²) >= 11 is 1.89. The van der Waals surface area contributed by atoms with E-state index in [9.17, 15) is 0 Å². The van der Waals surface area contributed by atoms with Crippen LogP contribution in [0.15, 0.2) is 237 Å². The molecular weight excluding hydrogens is 743 g/mol. The Bertz CT molecular complexity index is 3260. The molecule has 11 rings (SSSR count). The minimum absolute atomic E-state index is 1.10. The van der Waals surface area contributed by atoms with Crippen LogP contribution >= 0.6 is 11.3 Å². The third-order valence-electron chi connectivity index (χ3n) is 11.7. The van der Waals surface area contributed by atoms with E-state index in [1.807, 2.05) is 11.3 Å². The molecule has 0 aliphatic rings. The lowest BCUT2D eigenvalue weighted by molar-refractivity contribution is 1.28. The lowest BCUT2D eigenvalue weighted by Crippen LogP contribution is -2.09. The molecule has 0 saturated carbocycles. The normalized spacial score (nSPS) is 11.3. The van der Waals surface area contributed by atoms with E-state index >= 15 is 0 Å². The van der Waals surface area contributed by atoms with Gasteiger partial charge in [-0.25, -0.2) is 0 Å². The van der Waals surface area contributed by atoms with E-state index < -0.39 is 0 Å². The molecule has 0 spiro atoms. The zero-order valence-corrected chi connectivity index (χ0v) is 33.7. The highest BCUT2D eigenvalue weighted by Gasteiger charge is 2.18. The maximum absolute atomic E-state index is 2.36. The Kier molecular flexibility index (Phi) is 9.11. The van der Waals surface area contributed by atoms with E-state index in [-0.39, 0.29) is 0 Å². The minimum Gasteiger partial charge on any atom is -0.311 e. The second-order valence-corrected chi connectivity index (χ2v) is 16.4. The molecule has 1 heterocycles. The van der Waals surface area contributed by atoms with Gasteiger partial charge in [0, 0.05) is 42.8 Å². The second kappa shape index (κ2) is 15.3. The van der Waals surface area contributed by atoms with Gasteiger partial charge in [0.05, 0.1) is 0 Å². The van der Waals surface area contributed by atoms with Crippen LogP contribution in [0.1, 0.15) is 0 Å². The van der Waals surface area contributed by atoms with Crippen molar-refractivity contribution in [3.63, 3.8) is 0 Å². The Balaban J connectivity index is 1.00. The number of anilines is 3. The van der Waals surface area contributed by atoms with Crippen LogP contribution < -0.4 is 4.90 Å². The fourth-order valence-electron chi connectivity index (χ4n) is 8.62. The topological polar surface area (TPSA) is 3.24 Å². The van der Waals surface area contributed by atoms with Crippen molar-refractivity contribution in [3.05, 3.63) is 237 Å². The van der Waals surface area contributed by atoms with Gasteiger partial charge in [-0.1, -0.05) is 188 Å². The van der Waals surface area contributed by atoms with Gasteiger partial charge >= 0.3 is 0 Å². The van der Waals surface area contributed by atoms with Crippen molar-refractivity contribution in [2.45, 2.75) is 0 Å². The third kappa shape index (κ3) is 6.63. The Morgan fingerprint density at radius 2 is 0.733 bits per heavy atom. The van der Waals surface area contributed by atoms with Gasteiger partial charge in [0.2, 0.25) is 0 Å². The van der Waals surface area contributed by atoms with Crippen LogP contribution in [0.25, 0.3) is 86.6 Å². The van der Waals surface area contributed by atoms with Gasteiger partial charge in [-0.05, 0) is 109 Å². The molecule has 0 amide bonds. The summed E-state index contributed by atoms with van der Waals surface area (Å²) in [4.78, 5) is 2.36. The molecule has 0 radical (unpaired) electrons. The van der Waals surface area contributed by atoms with Crippen LogP contribution in [-0.2, 0) is 0 Å². The number of thiophene rings is 1. The van der Waals surface area contributed by atoms with Gasteiger partial charge in [0.15, 0.2) is 0 Å². The highest BCUT2D eigenvalue weighted by atomic mass is 32.1. The SMILES string of the molecule is c1ccc(-c2ccc(-c3c(-c4ccc(N(c5ccc(-c6ccccc6)cc5)c5ccc(-c6ccc7ccccc7c6)cc5)cc4)ccc4c3sc3ccccc34)cc2)cc1. The fourth-order valence-corrected chi connectivity index (χ4v) is 9.89. The third-order valence-corrected chi connectivity index (χ3v) is 12.9. The summed E-state index contributed by atoms with van der Waals surface area (Å²) < 4.78 is 2.62. The first-order valence-corrected chi connectivity index (χ1v) is 21.3. The molecule has 0 unspecified atom stereocenters. The second-order valence-electron chi connectivity index (χ2n) is 15.3. The van der Waals surface area contributed by atoms with Crippen LogP contribution in [0.5, 0.6) is 0 Å². The number of rotatable bonds is 8. The molecule has 0 fully saturated rings. The number of hydrogen-bond acceptors (Lipinski definition) is 2. The summed E-state index contributed by atoms with van der Waals surface area (Å²) in [6.07, 6.45) is 0. The van der Waals surface area contributed by atoms with Gasteiger partial charge in [-0.2, -0.15) is 0 Å². The predicted molar refractivity (Wildman–Crippen MR) is 259 cm³/mol. The van der Waals surface area contributed by atoms with E-state index in [4.69, 9.17) is 0 Å². The van der Waals surface area contributed by atoms with Crippen LogP contribution in [0.2, 0.25) is 0 Å². The monoisotopic (exact) mass is 781 g/mol. The fraction of sp³-hybridized carbons (Fsp3) is 0. The molecule has 0 N–H and O–H groups in total. The van der Waals surface area contributed by atoms with Gasteiger partial charge in [0.1, 0.15) is 0 Å². The number of nitrogens with zero attached hydrogens (tertiary/aromatic N) is 1. The van der Waals surface area contributed by atoms with Crippen LogP contribution in [-0.4, -0.2) is 0 Å². The van der Waals surface area contributed by atoms with E-state index in [0.29, 0.717) is 0 Å². The molecule has 0 aliphatic carbocycles. The predicted octanol–water partition coefficient (Wildman–Crippen LogP) is 17.0. The molecule has 2 heteroatoms. The van der Waals surface area contributed by atoms with E-state index in [0.717, 1.165) is 17.1 Å². The summed E-state index contributed by atoms with van der Waals surface area (Å²) in [6, 6.07) is 86.0. The summed E-state index contributed by atoms with van der Waals surface area (Å²) in [7, 11) is 0. The maximum Gasteiger partial charge on any atom is 0.0462 e. The summed E-state index contributed by atoms with van der Waals surface area (Å²) in [6.45, 7) is 0. The van der Waals surface area contributed by atoms with Gasteiger partial charge in [-0.3, -0.25) is 0 Å². The Morgan fingerprint density at radius 3 is 1.35 bits per heavy atom. The van der Waals surface area contributed by atoms with Gasteiger partial charge in [-0.15, -0.1) is 11.3 Å². The van der Waals surface area contributed by atoms with Crippen molar-refractivity contribution in [1.29, 1.82) is 0 Å². The van der Waals surface area contributed by atoms with Gasteiger partial charge < -0.3 is 4.90 Å². The molecule has 0 bridgehead atoms. The molecule has 60 heavy (non-hydrogen) atoms. The van der Waals surface area contributed by atoms with E-state index in [2.05, 4.69) is 241 Å². The van der Waals surface area contributed by atoms with Crippen LogP contribution in [0, 0.1) is 0 Å². The zero-order valence-electron chi connectivity index (χ0n) is 32.9. The molecule has 1 nitrogen and oxygen atoms in total. The molecule has 0 saturated heterocycles. The average Bonchev–Trinajstić information content (AvgIpc) is 3.71. The molecule has 10 aromatic carbocycles. The maximum atomic E-state index is 2.36. The van der Waals surface area contributed by atoms with Crippen molar-refractivity contribution in [3.8, 4) is 55.6 Å². The minimum atomic E-state index is 1.10. The van der Waals surface area contributed by atoms with Crippen molar-refractivity contribution in [1.82, 2.24) is 0 Å². The van der Waals surface area contributed by atoms with Crippen molar-refractivity contribution in [2.24, 2.45) is 0 Å². The lowest BCUT2D eigenvalue weighted by Gasteiger charge is -2.26. The Labute approximate surface area is 354 Å². The smallest absolute Gasteiger partial charge is 0.0462 e. The first-order valence-electron chi connectivity index (χ1n) is 20.5. The molecule has 11 aromatic rings. The van der Waals surface area contributed by atoms with Crippen molar-refractivity contribution in [2.75, 3.05) is 4.90 Å². The molecule has 0 aliphatic heterocycles. The summed E-state index contributed by atoms with van der Waals surface area (Å²) in [5.74, 6) is 0. The van der Waals surface area contributed by atoms with Crippen molar-refractivity contribution < 1.29 is 0 Å². The summed E-state index contributed by atoms with van der Waals surface area (Å²) in [5.41, 5.74) is 15.5. The van der Waals surface area contributed by atoms with Crippen molar-refractivity contribution >= 4 is 59.3 Å². The molecule has 0 atom stereocenters. The zero-order chi connectivity index (χ0) is 39.8. The first kappa shape index (κ1) is 35.6. The largest absolute Gasteiger partial charge is 0.311 e. The standard InChI is InChI=1S/C58H39NS/c1-3-11-40(12-4-1)43-19-22-47(23-20-43)57-53(37-38-55-54-17-9-10-18-56(54)60-58(55)57)46-29-35-52(36-30-46)59(50-31-25-44(26-32-50)41-13-5-2-6-14-41)51-33-27-45(28-34-51)49-24-21-42-15-7-8-16-48(42)39-49/h1-39H. The highest BCUT2D eigenvalue weighted by molar-refractivity contribution is 7.26. The van der Waals surface area contributed by atoms with Crippen LogP contribution in [0.4, 0.5) is 17.1 Å². The van der Waals surface area contributed by atoms with E-state index in [1.165, 1.54) is 86.6 Å². The molecular formula is C58H39NS. The highest BCUT2D eigenvalue weighted by Crippen LogP contribution is 2.46. The molecule has 282 valence electrons. The number of benzene rings is 10.